The van der Waals surface area contributed by atoms with Gasteiger partial charge in [0, 0.05) is 37.6 Å². The SMILES string of the molecule is O=C(O)CCC1CCC2C(C1)C(CCC1CCCCC1)=CN2[C@H]1C=CC(OC2CCOCC2)CC1. The first-order valence-corrected chi connectivity index (χ1v) is 14.8. The van der Waals surface area contributed by atoms with Crippen LogP contribution in [-0.2, 0) is 14.3 Å². The summed E-state index contributed by atoms with van der Waals surface area (Å²) in [6.07, 6.45) is 26.8. The van der Waals surface area contributed by atoms with Gasteiger partial charge < -0.3 is 19.5 Å². The molecule has 5 nitrogen and oxygen atoms in total. The molecule has 0 aromatic carbocycles. The van der Waals surface area contributed by atoms with Crippen molar-refractivity contribution in [1.29, 1.82) is 0 Å². The fourth-order valence-corrected chi connectivity index (χ4v) is 7.61. The van der Waals surface area contributed by atoms with E-state index in [0.717, 1.165) is 44.8 Å². The summed E-state index contributed by atoms with van der Waals surface area (Å²) in [4.78, 5) is 13.9. The summed E-state index contributed by atoms with van der Waals surface area (Å²) in [5, 5.41) is 9.21. The van der Waals surface area contributed by atoms with Gasteiger partial charge in [-0.05, 0) is 87.8 Å². The molecule has 35 heavy (non-hydrogen) atoms. The summed E-state index contributed by atoms with van der Waals surface area (Å²) in [5.74, 6) is 1.49. The zero-order chi connectivity index (χ0) is 24.0. The van der Waals surface area contributed by atoms with Gasteiger partial charge in [0.05, 0.1) is 12.2 Å². The number of rotatable bonds is 9. The van der Waals surface area contributed by atoms with E-state index in [-0.39, 0.29) is 6.10 Å². The van der Waals surface area contributed by atoms with Gasteiger partial charge in [0.15, 0.2) is 0 Å². The summed E-state index contributed by atoms with van der Waals surface area (Å²) in [6, 6.07) is 1.10. The Morgan fingerprint density at radius 1 is 0.943 bits per heavy atom. The molecule has 2 aliphatic heterocycles. The Labute approximate surface area is 212 Å². The number of hydrogen-bond donors (Lipinski definition) is 1. The maximum Gasteiger partial charge on any atom is 0.303 e. The van der Waals surface area contributed by atoms with E-state index in [2.05, 4.69) is 23.3 Å². The first kappa shape index (κ1) is 25.3. The lowest BCUT2D eigenvalue weighted by Crippen LogP contribution is -2.43. The smallest absolute Gasteiger partial charge is 0.303 e. The van der Waals surface area contributed by atoms with Crippen molar-refractivity contribution in [2.75, 3.05) is 13.2 Å². The number of aliphatic carboxylic acids is 1. The van der Waals surface area contributed by atoms with Crippen LogP contribution in [0.15, 0.2) is 23.9 Å². The third kappa shape index (κ3) is 6.71. The van der Waals surface area contributed by atoms with Crippen molar-refractivity contribution in [1.82, 2.24) is 4.90 Å². The maximum absolute atomic E-state index is 11.2. The van der Waals surface area contributed by atoms with Crippen molar-refractivity contribution in [2.24, 2.45) is 17.8 Å². The van der Waals surface area contributed by atoms with Crippen LogP contribution in [0.3, 0.4) is 0 Å². The van der Waals surface area contributed by atoms with Crippen molar-refractivity contribution < 1.29 is 19.4 Å². The Kier molecular flexibility index (Phi) is 8.88. The topological polar surface area (TPSA) is 59.0 Å². The average Bonchev–Trinajstić information content (AvgIpc) is 3.26. The minimum absolute atomic E-state index is 0.259. The van der Waals surface area contributed by atoms with Gasteiger partial charge >= 0.3 is 5.97 Å². The number of hydrogen-bond acceptors (Lipinski definition) is 4. The number of carboxylic acids is 1. The molecule has 5 heteroatoms. The standard InChI is InChI=1S/C30H47NO4/c32-30(33)15-8-23-7-14-29-28(20-23)24(9-6-22-4-2-1-3-5-22)21-31(29)25-10-12-26(13-11-25)35-27-16-18-34-19-17-27/h10,12,21-23,25-29H,1-9,11,13-20H2,(H,32,33)/t23?,25-,26?,28?,29?/m0/s1. The van der Waals surface area contributed by atoms with E-state index in [9.17, 15) is 9.90 Å². The molecule has 5 atom stereocenters. The maximum atomic E-state index is 11.2. The van der Waals surface area contributed by atoms with Crippen molar-refractivity contribution in [2.45, 2.75) is 127 Å². The zero-order valence-corrected chi connectivity index (χ0v) is 21.6. The lowest BCUT2D eigenvalue weighted by Gasteiger charge is -2.42. The van der Waals surface area contributed by atoms with Crippen molar-refractivity contribution in [3.63, 3.8) is 0 Å². The molecule has 0 spiro atoms. The van der Waals surface area contributed by atoms with E-state index in [1.165, 1.54) is 70.6 Å². The summed E-state index contributed by atoms with van der Waals surface area (Å²) >= 11 is 0. The minimum atomic E-state index is -0.641. The second-order valence-electron chi connectivity index (χ2n) is 12.0. The molecule has 3 fully saturated rings. The molecule has 2 saturated carbocycles. The highest BCUT2D eigenvalue weighted by atomic mass is 16.5. The predicted molar refractivity (Wildman–Crippen MR) is 138 cm³/mol. The highest BCUT2D eigenvalue weighted by molar-refractivity contribution is 5.66. The summed E-state index contributed by atoms with van der Waals surface area (Å²) in [6.45, 7) is 1.67. The van der Waals surface area contributed by atoms with E-state index in [1.807, 2.05) is 0 Å². The first-order valence-electron chi connectivity index (χ1n) is 14.8. The number of carboxylic acid groups (broad SMARTS) is 1. The lowest BCUT2D eigenvalue weighted by molar-refractivity contribution is -0.137. The number of nitrogens with zero attached hydrogens (tertiary/aromatic N) is 1. The third-order valence-corrected chi connectivity index (χ3v) is 9.64. The predicted octanol–water partition coefficient (Wildman–Crippen LogP) is 6.48. The first-order chi connectivity index (χ1) is 17.2. The van der Waals surface area contributed by atoms with Crippen LogP contribution >= 0.6 is 0 Å². The van der Waals surface area contributed by atoms with Gasteiger partial charge in [-0.2, -0.15) is 0 Å². The van der Waals surface area contributed by atoms with E-state index in [4.69, 9.17) is 9.47 Å². The van der Waals surface area contributed by atoms with Gasteiger partial charge in [-0.3, -0.25) is 4.79 Å². The van der Waals surface area contributed by atoms with Crippen molar-refractivity contribution in [3.8, 4) is 0 Å². The lowest BCUT2D eigenvalue weighted by atomic mass is 9.73. The van der Waals surface area contributed by atoms with Crippen LogP contribution in [0, 0.1) is 17.8 Å². The van der Waals surface area contributed by atoms with Crippen LogP contribution in [-0.4, -0.2) is 53.5 Å². The fourth-order valence-electron chi connectivity index (χ4n) is 7.61. The highest BCUT2D eigenvalue weighted by Gasteiger charge is 2.42. The van der Waals surface area contributed by atoms with Gasteiger partial charge in [0.2, 0.25) is 0 Å². The van der Waals surface area contributed by atoms with Gasteiger partial charge in [-0.25, -0.2) is 0 Å². The molecule has 3 aliphatic carbocycles. The minimum Gasteiger partial charge on any atom is -0.481 e. The van der Waals surface area contributed by atoms with Crippen LogP contribution in [0.5, 0.6) is 0 Å². The van der Waals surface area contributed by atoms with E-state index >= 15 is 0 Å². The van der Waals surface area contributed by atoms with Crippen molar-refractivity contribution >= 4 is 5.97 Å². The molecular weight excluding hydrogens is 438 g/mol. The Morgan fingerprint density at radius 2 is 1.77 bits per heavy atom. The van der Waals surface area contributed by atoms with Crippen LogP contribution in [0.4, 0.5) is 0 Å². The molecule has 0 aromatic heterocycles. The fraction of sp³-hybridized carbons (Fsp3) is 0.833. The molecular formula is C30H47NO4. The molecule has 4 unspecified atom stereocenters. The normalized spacial score (nSPS) is 34.6. The van der Waals surface area contributed by atoms with Crippen molar-refractivity contribution in [3.05, 3.63) is 23.9 Å². The number of ether oxygens (including phenoxy) is 2. The second kappa shape index (κ2) is 12.3. The molecule has 5 rings (SSSR count). The Hall–Kier alpha value is -1.33. The quantitative estimate of drug-likeness (QED) is 0.379. The van der Waals surface area contributed by atoms with E-state index < -0.39 is 5.97 Å². The van der Waals surface area contributed by atoms with Gasteiger partial charge in [0.1, 0.15) is 0 Å². The monoisotopic (exact) mass is 485 g/mol. The van der Waals surface area contributed by atoms with Crippen LogP contribution in [0.25, 0.3) is 0 Å². The zero-order valence-electron chi connectivity index (χ0n) is 21.6. The van der Waals surface area contributed by atoms with Gasteiger partial charge in [-0.1, -0.05) is 44.3 Å². The molecule has 0 aromatic rings. The largest absolute Gasteiger partial charge is 0.481 e. The summed E-state index contributed by atoms with van der Waals surface area (Å²) in [5.41, 5.74) is 1.68. The average molecular weight is 486 g/mol. The van der Waals surface area contributed by atoms with E-state index in [1.54, 1.807) is 5.57 Å². The van der Waals surface area contributed by atoms with Crippen LogP contribution < -0.4 is 0 Å². The number of fused-ring (bicyclic) bond motifs is 1. The van der Waals surface area contributed by atoms with E-state index in [0.29, 0.717) is 36.4 Å². The molecule has 0 radical (unpaired) electrons. The summed E-state index contributed by atoms with van der Waals surface area (Å²) < 4.78 is 11.9. The molecule has 2 heterocycles. The molecule has 196 valence electrons. The van der Waals surface area contributed by atoms with Gasteiger partial charge in [-0.15, -0.1) is 0 Å². The Morgan fingerprint density at radius 3 is 2.51 bits per heavy atom. The molecule has 0 bridgehead atoms. The number of carbonyl (C=O) groups is 1. The Balaban J connectivity index is 1.22. The highest BCUT2D eigenvalue weighted by Crippen LogP contribution is 2.46. The summed E-state index contributed by atoms with van der Waals surface area (Å²) in [7, 11) is 0. The molecule has 0 amide bonds. The Bertz CT molecular complexity index is 751. The second-order valence-corrected chi connectivity index (χ2v) is 12.0. The molecule has 1 saturated heterocycles. The van der Waals surface area contributed by atoms with Gasteiger partial charge in [0.25, 0.3) is 0 Å². The molecule has 1 N–H and O–H groups in total. The molecule has 5 aliphatic rings. The van der Waals surface area contributed by atoms with Crippen LogP contribution in [0.2, 0.25) is 0 Å². The van der Waals surface area contributed by atoms with Crippen LogP contribution in [0.1, 0.15) is 103 Å². The third-order valence-electron chi connectivity index (χ3n) is 9.64.